The first-order valence-corrected chi connectivity index (χ1v) is 6.05. The molecule has 0 spiro atoms. The number of nitrogens with one attached hydrogen (secondary N) is 1. The topological polar surface area (TPSA) is 64.3 Å². The van der Waals surface area contributed by atoms with E-state index in [0.717, 1.165) is 6.42 Å². The van der Waals surface area contributed by atoms with Crippen LogP contribution in [-0.2, 0) is 9.53 Å². The van der Waals surface area contributed by atoms with Crippen LogP contribution in [0, 0.1) is 5.92 Å². The molecule has 0 rings (SSSR count). The van der Waals surface area contributed by atoms with Crippen molar-refractivity contribution in [3.8, 4) is 0 Å². The van der Waals surface area contributed by atoms with Gasteiger partial charge in [0.15, 0.2) is 0 Å². The van der Waals surface area contributed by atoms with E-state index in [-0.39, 0.29) is 11.4 Å². The van der Waals surface area contributed by atoms with Gasteiger partial charge in [-0.3, -0.25) is 4.79 Å². The van der Waals surface area contributed by atoms with E-state index in [1.54, 1.807) is 0 Å². The molecule has 0 radical (unpaired) electrons. The van der Waals surface area contributed by atoms with Crippen molar-refractivity contribution in [1.82, 2.24) is 5.32 Å². The summed E-state index contributed by atoms with van der Waals surface area (Å²) in [6.45, 7) is 9.78. The van der Waals surface area contributed by atoms with Crippen molar-refractivity contribution in [2.75, 3.05) is 19.8 Å². The zero-order chi connectivity index (χ0) is 12.6. The summed E-state index contributed by atoms with van der Waals surface area (Å²) < 4.78 is 5.27. The normalized spacial score (nSPS) is 14.9. The fourth-order valence-electron chi connectivity index (χ4n) is 1.22. The minimum atomic E-state index is -0.318. The summed E-state index contributed by atoms with van der Waals surface area (Å²) in [6.07, 6.45) is 1.39. The third-order valence-corrected chi connectivity index (χ3v) is 2.95. The molecule has 4 nitrogen and oxygen atoms in total. The summed E-state index contributed by atoms with van der Waals surface area (Å²) in [5, 5.41) is 2.98. The number of hydrogen-bond donors (Lipinski definition) is 2. The molecule has 0 bridgehead atoms. The molecule has 1 atom stereocenters. The number of amides is 1. The van der Waals surface area contributed by atoms with E-state index in [1.807, 2.05) is 13.8 Å². The van der Waals surface area contributed by atoms with Crippen molar-refractivity contribution >= 4 is 5.91 Å². The zero-order valence-corrected chi connectivity index (χ0v) is 11.0. The van der Waals surface area contributed by atoms with Gasteiger partial charge < -0.3 is 15.8 Å². The third kappa shape index (κ3) is 5.47. The Bertz CT molecular complexity index is 207. The first-order valence-electron chi connectivity index (χ1n) is 6.05. The lowest BCUT2D eigenvalue weighted by Gasteiger charge is -2.33. The Morgan fingerprint density at radius 2 is 2.06 bits per heavy atom. The Hall–Kier alpha value is -0.610. The molecule has 0 aliphatic heterocycles. The average Bonchev–Trinajstić information content (AvgIpc) is 2.24. The van der Waals surface area contributed by atoms with Crippen molar-refractivity contribution in [2.45, 2.75) is 46.1 Å². The molecule has 0 fully saturated rings. The summed E-state index contributed by atoms with van der Waals surface area (Å²) in [5.74, 6) is 0.329. The highest BCUT2D eigenvalue weighted by molar-refractivity contribution is 5.76. The van der Waals surface area contributed by atoms with Gasteiger partial charge in [0.1, 0.15) is 0 Å². The average molecular weight is 230 g/mol. The Balaban J connectivity index is 3.93. The molecule has 3 N–H and O–H groups in total. The van der Waals surface area contributed by atoms with Gasteiger partial charge in [-0.2, -0.15) is 0 Å². The van der Waals surface area contributed by atoms with Crippen LogP contribution in [0.5, 0.6) is 0 Å². The highest BCUT2D eigenvalue weighted by Gasteiger charge is 2.28. The molecule has 96 valence electrons. The third-order valence-electron chi connectivity index (χ3n) is 2.95. The second-order valence-corrected chi connectivity index (χ2v) is 4.69. The van der Waals surface area contributed by atoms with E-state index >= 15 is 0 Å². The summed E-state index contributed by atoms with van der Waals surface area (Å²) in [7, 11) is 0. The van der Waals surface area contributed by atoms with Crippen molar-refractivity contribution in [1.29, 1.82) is 0 Å². The number of hydrogen-bond acceptors (Lipinski definition) is 3. The predicted molar refractivity (Wildman–Crippen MR) is 66.2 cm³/mol. The fraction of sp³-hybridized carbons (Fsp3) is 0.917. The minimum Gasteiger partial charge on any atom is -0.381 e. The fourth-order valence-corrected chi connectivity index (χ4v) is 1.22. The molecule has 0 aromatic rings. The first kappa shape index (κ1) is 15.4. The molecule has 0 saturated heterocycles. The number of carbonyl (C=O) groups is 1. The van der Waals surface area contributed by atoms with Gasteiger partial charge in [-0.1, -0.05) is 20.8 Å². The first-order chi connectivity index (χ1) is 7.46. The van der Waals surface area contributed by atoms with Gasteiger partial charge in [0.25, 0.3) is 0 Å². The smallest absolute Gasteiger partial charge is 0.222 e. The summed E-state index contributed by atoms with van der Waals surface area (Å²) in [4.78, 5) is 11.6. The van der Waals surface area contributed by atoms with E-state index in [1.165, 1.54) is 0 Å². The van der Waals surface area contributed by atoms with Crippen LogP contribution < -0.4 is 11.1 Å². The lowest BCUT2D eigenvalue weighted by molar-refractivity contribution is -0.124. The maximum Gasteiger partial charge on any atom is 0.222 e. The molecular weight excluding hydrogens is 204 g/mol. The number of rotatable bonds is 8. The molecular formula is C12H26N2O2. The summed E-state index contributed by atoms with van der Waals surface area (Å²) in [5.41, 5.74) is 5.37. The number of ether oxygens (including phenoxy) is 1. The highest BCUT2D eigenvalue weighted by Crippen LogP contribution is 2.14. The predicted octanol–water partition coefficient (Wildman–Crippen LogP) is 1.29. The molecule has 0 heterocycles. The summed E-state index contributed by atoms with van der Waals surface area (Å²) in [6, 6.07) is 0. The molecule has 0 aliphatic carbocycles. The van der Waals surface area contributed by atoms with Gasteiger partial charge in [-0.25, -0.2) is 0 Å². The van der Waals surface area contributed by atoms with Crippen LogP contribution in [0.3, 0.4) is 0 Å². The van der Waals surface area contributed by atoms with Gasteiger partial charge in [-0.15, -0.1) is 0 Å². The van der Waals surface area contributed by atoms with E-state index in [0.29, 0.717) is 32.1 Å². The quantitative estimate of drug-likeness (QED) is 0.618. The molecule has 4 heteroatoms. The van der Waals surface area contributed by atoms with Crippen LogP contribution in [0.2, 0.25) is 0 Å². The van der Waals surface area contributed by atoms with Gasteiger partial charge >= 0.3 is 0 Å². The molecule has 0 aromatic heterocycles. The Kier molecular flexibility index (Phi) is 7.34. The van der Waals surface area contributed by atoms with E-state index in [9.17, 15) is 4.79 Å². The maximum absolute atomic E-state index is 11.6. The van der Waals surface area contributed by atoms with Gasteiger partial charge in [0.2, 0.25) is 5.91 Å². The maximum atomic E-state index is 11.6. The standard InChI is InChI=1S/C12H26N2O2/c1-5-7-16-8-6-11(15)14-12(4,9-13)10(2)3/h10H,5-9,13H2,1-4H3,(H,14,15). The van der Waals surface area contributed by atoms with Gasteiger partial charge in [0, 0.05) is 19.6 Å². The monoisotopic (exact) mass is 230 g/mol. The lowest BCUT2D eigenvalue weighted by atomic mass is 9.88. The van der Waals surface area contributed by atoms with Gasteiger partial charge in [-0.05, 0) is 19.3 Å². The van der Waals surface area contributed by atoms with Crippen LogP contribution in [0.1, 0.15) is 40.5 Å². The second kappa shape index (κ2) is 7.63. The largest absolute Gasteiger partial charge is 0.381 e. The number of carbonyl (C=O) groups excluding carboxylic acids is 1. The SMILES string of the molecule is CCCOCCC(=O)NC(C)(CN)C(C)C. The van der Waals surface area contributed by atoms with Crippen molar-refractivity contribution in [2.24, 2.45) is 11.7 Å². The Morgan fingerprint density at radius 3 is 2.50 bits per heavy atom. The minimum absolute atomic E-state index is 0.0118. The van der Waals surface area contributed by atoms with Crippen LogP contribution >= 0.6 is 0 Å². The highest BCUT2D eigenvalue weighted by atomic mass is 16.5. The van der Waals surface area contributed by atoms with Crippen LogP contribution in [0.4, 0.5) is 0 Å². The summed E-state index contributed by atoms with van der Waals surface area (Å²) >= 11 is 0. The van der Waals surface area contributed by atoms with E-state index in [4.69, 9.17) is 10.5 Å². The molecule has 1 amide bonds. The van der Waals surface area contributed by atoms with Crippen molar-refractivity contribution in [3.05, 3.63) is 0 Å². The molecule has 0 saturated carbocycles. The van der Waals surface area contributed by atoms with Gasteiger partial charge in [0.05, 0.1) is 12.1 Å². The molecule has 0 aliphatic rings. The zero-order valence-electron chi connectivity index (χ0n) is 11.0. The van der Waals surface area contributed by atoms with E-state index in [2.05, 4.69) is 19.2 Å². The van der Waals surface area contributed by atoms with Crippen LogP contribution in [0.15, 0.2) is 0 Å². The molecule has 16 heavy (non-hydrogen) atoms. The number of nitrogens with two attached hydrogens (primary N) is 1. The Labute approximate surface area is 98.9 Å². The second-order valence-electron chi connectivity index (χ2n) is 4.69. The molecule has 1 unspecified atom stereocenters. The molecule has 0 aromatic carbocycles. The van der Waals surface area contributed by atoms with Crippen molar-refractivity contribution in [3.63, 3.8) is 0 Å². The lowest BCUT2D eigenvalue weighted by Crippen LogP contribution is -2.55. The van der Waals surface area contributed by atoms with E-state index < -0.39 is 0 Å². The van der Waals surface area contributed by atoms with Crippen LogP contribution in [0.25, 0.3) is 0 Å². The van der Waals surface area contributed by atoms with Crippen molar-refractivity contribution < 1.29 is 9.53 Å². The van der Waals surface area contributed by atoms with Crippen LogP contribution in [-0.4, -0.2) is 31.2 Å². The Morgan fingerprint density at radius 1 is 1.44 bits per heavy atom.